The van der Waals surface area contributed by atoms with E-state index >= 15 is 0 Å². The first-order valence-electron chi connectivity index (χ1n) is 4.93. The molecule has 6 heteroatoms. The Kier molecular flexibility index (Phi) is 2.91. The van der Waals surface area contributed by atoms with Crippen LogP contribution >= 0.6 is 0 Å². The molecule has 84 valence electrons. The van der Waals surface area contributed by atoms with E-state index in [1.807, 2.05) is 0 Å². The average Bonchev–Trinajstić information content (AvgIpc) is 2.69. The second-order valence-corrected chi connectivity index (χ2v) is 3.57. The fraction of sp³-hybridized carbons (Fsp3) is 0.300. The van der Waals surface area contributed by atoms with Crippen LogP contribution in [0.25, 0.3) is 0 Å². The van der Waals surface area contributed by atoms with Crippen molar-refractivity contribution in [2.24, 2.45) is 5.73 Å². The van der Waals surface area contributed by atoms with E-state index in [0.29, 0.717) is 11.4 Å². The lowest BCUT2D eigenvalue weighted by atomic mass is 10.2. The molecule has 1 unspecified atom stereocenters. The minimum Gasteiger partial charge on any atom is -0.322 e. The lowest BCUT2D eigenvalue weighted by molar-refractivity contribution is 0.552. The maximum atomic E-state index is 13.4. The van der Waals surface area contributed by atoms with Gasteiger partial charge in [0, 0.05) is 5.56 Å². The highest BCUT2D eigenvalue weighted by Gasteiger charge is 2.11. The van der Waals surface area contributed by atoms with Crippen LogP contribution < -0.4 is 5.73 Å². The van der Waals surface area contributed by atoms with E-state index in [0.717, 1.165) is 0 Å². The summed E-state index contributed by atoms with van der Waals surface area (Å²) in [5.74, 6) is 0.275. The highest BCUT2D eigenvalue weighted by molar-refractivity contribution is 5.17. The summed E-state index contributed by atoms with van der Waals surface area (Å²) in [6.07, 6.45) is 0. The van der Waals surface area contributed by atoms with E-state index < -0.39 is 0 Å². The first kappa shape index (κ1) is 10.7. The summed E-state index contributed by atoms with van der Waals surface area (Å²) >= 11 is 0. The molecule has 0 amide bonds. The molecule has 2 N–H and O–H groups in total. The zero-order valence-electron chi connectivity index (χ0n) is 8.84. The van der Waals surface area contributed by atoms with Crippen LogP contribution in [0.5, 0.6) is 0 Å². The lowest BCUT2D eigenvalue weighted by Gasteiger charge is -2.07. The molecule has 0 aliphatic rings. The predicted molar refractivity (Wildman–Crippen MR) is 55.9 cm³/mol. The number of hydrogen-bond donors (Lipinski definition) is 1. The van der Waals surface area contributed by atoms with Crippen LogP contribution in [0.3, 0.4) is 0 Å². The zero-order chi connectivity index (χ0) is 11.5. The van der Waals surface area contributed by atoms with Crippen molar-refractivity contribution in [2.45, 2.75) is 19.5 Å². The van der Waals surface area contributed by atoms with Crippen molar-refractivity contribution < 1.29 is 4.39 Å². The summed E-state index contributed by atoms with van der Waals surface area (Å²) in [5.41, 5.74) is 6.23. The minimum absolute atomic E-state index is 0.270. The molecule has 0 spiro atoms. The quantitative estimate of drug-likeness (QED) is 0.835. The third kappa shape index (κ3) is 2.06. The molecular weight excluding hydrogens is 209 g/mol. The number of rotatable bonds is 3. The summed E-state index contributed by atoms with van der Waals surface area (Å²) in [4.78, 5) is 0. The highest BCUT2D eigenvalue weighted by Crippen LogP contribution is 2.10. The number of hydrogen-bond acceptors (Lipinski definition) is 4. The van der Waals surface area contributed by atoms with Gasteiger partial charge in [0.2, 0.25) is 0 Å². The van der Waals surface area contributed by atoms with E-state index in [1.165, 1.54) is 10.7 Å². The average molecular weight is 221 g/mol. The molecular formula is C10H12FN5. The molecule has 2 aromatic rings. The number of nitrogens with zero attached hydrogens (tertiary/aromatic N) is 4. The van der Waals surface area contributed by atoms with Gasteiger partial charge in [-0.25, -0.2) is 9.07 Å². The Morgan fingerprint density at radius 3 is 2.88 bits per heavy atom. The summed E-state index contributed by atoms with van der Waals surface area (Å²) < 4.78 is 14.9. The van der Waals surface area contributed by atoms with Gasteiger partial charge in [-0.1, -0.05) is 18.2 Å². The lowest BCUT2D eigenvalue weighted by Crippen LogP contribution is -2.15. The highest BCUT2D eigenvalue weighted by atomic mass is 19.1. The van der Waals surface area contributed by atoms with Gasteiger partial charge in [0.1, 0.15) is 5.82 Å². The van der Waals surface area contributed by atoms with Crippen LogP contribution in [0.2, 0.25) is 0 Å². The summed E-state index contributed by atoms with van der Waals surface area (Å²) in [7, 11) is 0. The van der Waals surface area contributed by atoms with Gasteiger partial charge < -0.3 is 5.73 Å². The largest absolute Gasteiger partial charge is 0.322 e. The first-order chi connectivity index (χ1) is 7.68. The van der Waals surface area contributed by atoms with Crippen molar-refractivity contribution in [2.75, 3.05) is 0 Å². The maximum absolute atomic E-state index is 13.4. The molecule has 1 atom stereocenters. The van der Waals surface area contributed by atoms with Crippen LogP contribution in [0.15, 0.2) is 24.3 Å². The number of aromatic nitrogens is 4. The number of halogens is 1. The van der Waals surface area contributed by atoms with Crippen LogP contribution in [0.4, 0.5) is 4.39 Å². The molecule has 1 aromatic carbocycles. The fourth-order valence-electron chi connectivity index (χ4n) is 1.44. The monoisotopic (exact) mass is 221 g/mol. The van der Waals surface area contributed by atoms with Gasteiger partial charge in [-0.2, -0.15) is 0 Å². The van der Waals surface area contributed by atoms with Gasteiger partial charge in [0.15, 0.2) is 5.82 Å². The molecule has 1 heterocycles. The Morgan fingerprint density at radius 2 is 2.19 bits per heavy atom. The van der Waals surface area contributed by atoms with Crippen LogP contribution in [0, 0.1) is 5.82 Å². The van der Waals surface area contributed by atoms with Crippen molar-refractivity contribution >= 4 is 0 Å². The Morgan fingerprint density at radius 1 is 1.44 bits per heavy atom. The van der Waals surface area contributed by atoms with Gasteiger partial charge >= 0.3 is 0 Å². The Labute approximate surface area is 92.1 Å². The Balaban J connectivity index is 2.27. The van der Waals surface area contributed by atoms with E-state index in [1.54, 1.807) is 25.1 Å². The normalized spacial score (nSPS) is 12.7. The Hall–Kier alpha value is -1.82. The van der Waals surface area contributed by atoms with Gasteiger partial charge in [0.25, 0.3) is 0 Å². The third-order valence-corrected chi connectivity index (χ3v) is 2.24. The SMILES string of the molecule is CC(N)c1nnnn1Cc1ccccc1F. The Bertz CT molecular complexity index is 480. The van der Waals surface area contributed by atoms with E-state index in [-0.39, 0.29) is 18.4 Å². The second kappa shape index (κ2) is 4.36. The van der Waals surface area contributed by atoms with Gasteiger partial charge in [-0.15, -0.1) is 5.10 Å². The molecule has 16 heavy (non-hydrogen) atoms. The predicted octanol–water partition coefficient (Wildman–Crippen LogP) is 0.880. The number of benzene rings is 1. The molecule has 0 saturated carbocycles. The topological polar surface area (TPSA) is 69.6 Å². The van der Waals surface area contributed by atoms with E-state index in [2.05, 4.69) is 15.5 Å². The summed E-state index contributed by atoms with van der Waals surface area (Å²) in [5, 5.41) is 11.1. The summed E-state index contributed by atoms with van der Waals surface area (Å²) in [6.45, 7) is 2.07. The van der Waals surface area contributed by atoms with Crippen molar-refractivity contribution in [1.29, 1.82) is 0 Å². The van der Waals surface area contributed by atoms with Crippen molar-refractivity contribution in [1.82, 2.24) is 20.2 Å². The molecule has 0 aliphatic carbocycles. The fourth-order valence-corrected chi connectivity index (χ4v) is 1.44. The van der Waals surface area contributed by atoms with E-state index in [4.69, 9.17) is 5.73 Å². The molecule has 0 fully saturated rings. The van der Waals surface area contributed by atoms with Crippen LogP contribution in [-0.2, 0) is 6.54 Å². The molecule has 0 aliphatic heterocycles. The molecule has 2 rings (SSSR count). The summed E-state index contributed by atoms with van der Waals surface area (Å²) in [6, 6.07) is 6.24. The second-order valence-electron chi connectivity index (χ2n) is 3.57. The molecule has 0 saturated heterocycles. The number of tetrazole rings is 1. The number of nitrogens with two attached hydrogens (primary N) is 1. The molecule has 1 aromatic heterocycles. The van der Waals surface area contributed by atoms with Gasteiger partial charge in [-0.3, -0.25) is 0 Å². The van der Waals surface area contributed by atoms with Crippen LogP contribution in [0.1, 0.15) is 24.4 Å². The smallest absolute Gasteiger partial charge is 0.168 e. The van der Waals surface area contributed by atoms with E-state index in [9.17, 15) is 4.39 Å². The van der Waals surface area contributed by atoms with Crippen LogP contribution in [-0.4, -0.2) is 20.2 Å². The molecule has 5 nitrogen and oxygen atoms in total. The standard InChI is InChI=1S/C10H12FN5/c1-7(12)10-13-14-15-16(10)6-8-4-2-3-5-9(8)11/h2-5,7H,6,12H2,1H3. The van der Waals surface area contributed by atoms with Crippen molar-refractivity contribution in [3.8, 4) is 0 Å². The minimum atomic E-state index is -0.276. The zero-order valence-corrected chi connectivity index (χ0v) is 8.84. The van der Waals surface area contributed by atoms with Crippen molar-refractivity contribution in [3.63, 3.8) is 0 Å². The van der Waals surface area contributed by atoms with Gasteiger partial charge in [0.05, 0.1) is 12.6 Å². The van der Waals surface area contributed by atoms with Crippen molar-refractivity contribution in [3.05, 3.63) is 41.5 Å². The molecule has 0 radical (unpaired) electrons. The first-order valence-corrected chi connectivity index (χ1v) is 4.93. The van der Waals surface area contributed by atoms with Gasteiger partial charge in [-0.05, 0) is 23.4 Å². The molecule has 0 bridgehead atoms. The maximum Gasteiger partial charge on any atom is 0.168 e. The third-order valence-electron chi connectivity index (χ3n) is 2.24.